The number of hydrogen-bond acceptors (Lipinski definition) is 3. The average molecular weight is 327 g/mol. The second-order valence-corrected chi connectivity index (χ2v) is 7.66. The molecule has 1 atom stereocenters. The second kappa shape index (κ2) is 6.29. The predicted octanol–water partition coefficient (Wildman–Crippen LogP) is 1.88. The molecule has 1 saturated heterocycles. The van der Waals surface area contributed by atoms with Crippen molar-refractivity contribution in [1.29, 1.82) is 0 Å². The zero-order valence-electron chi connectivity index (χ0n) is 12.3. The van der Waals surface area contributed by atoms with E-state index in [4.69, 9.17) is 18.0 Å². The summed E-state index contributed by atoms with van der Waals surface area (Å²) in [5.41, 5.74) is 6.79. The zero-order valence-corrected chi connectivity index (χ0v) is 14.0. The topological polar surface area (TPSA) is 66.6 Å². The van der Waals surface area contributed by atoms with E-state index in [2.05, 4.69) is 0 Å². The predicted molar refractivity (Wildman–Crippen MR) is 89.7 cm³/mol. The smallest absolute Gasteiger partial charge is 0.304 e. The fourth-order valence-electron chi connectivity index (χ4n) is 2.65. The highest BCUT2D eigenvalue weighted by molar-refractivity contribution is 7.90. The van der Waals surface area contributed by atoms with Crippen molar-refractivity contribution >= 4 is 33.1 Å². The van der Waals surface area contributed by atoms with Crippen LogP contribution in [0.25, 0.3) is 0 Å². The van der Waals surface area contributed by atoms with Gasteiger partial charge in [-0.05, 0) is 31.9 Å². The van der Waals surface area contributed by atoms with Crippen LogP contribution in [0.2, 0.25) is 0 Å². The van der Waals surface area contributed by atoms with Crippen LogP contribution in [0.3, 0.4) is 0 Å². The largest absolute Gasteiger partial charge is 0.389 e. The molecule has 0 bridgehead atoms. The number of thiocarbonyl (C=S) groups is 1. The van der Waals surface area contributed by atoms with Crippen LogP contribution in [0.5, 0.6) is 0 Å². The molecule has 5 nitrogen and oxygen atoms in total. The Morgan fingerprint density at radius 3 is 2.67 bits per heavy atom. The molecule has 2 N–H and O–H groups in total. The van der Waals surface area contributed by atoms with Crippen LogP contribution < -0.4 is 10.0 Å². The SMILES string of the molecule is CC1CCCCN1S(=O)(=O)N(C)c1ccccc1C(N)=S. The Morgan fingerprint density at radius 2 is 2.05 bits per heavy atom. The van der Waals surface area contributed by atoms with Gasteiger partial charge in [-0.3, -0.25) is 4.31 Å². The molecule has 2 rings (SSSR count). The van der Waals surface area contributed by atoms with Gasteiger partial charge in [0, 0.05) is 25.2 Å². The molecule has 7 heteroatoms. The number of piperidine rings is 1. The molecule has 1 unspecified atom stereocenters. The van der Waals surface area contributed by atoms with Gasteiger partial charge in [-0.1, -0.05) is 30.8 Å². The number of para-hydroxylation sites is 1. The number of anilines is 1. The molecule has 0 amide bonds. The first-order valence-corrected chi connectivity index (χ1v) is 8.80. The van der Waals surface area contributed by atoms with Gasteiger partial charge < -0.3 is 5.73 Å². The second-order valence-electron chi connectivity index (χ2n) is 5.31. The minimum atomic E-state index is -3.57. The molecule has 0 aliphatic carbocycles. The van der Waals surface area contributed by atoms with Gasteiger partial charge in [-0.15, -0.1) is 0 Å². The normalized spacial score (nSPS) is 20.2. The van der Waals surface area contributed by atoms with Crippen molar-refractivity contribution in [1.82, 2.24) is 4.31 Å². The Hall–Kier alpha value is -1.18. The Balaban J connectivity index is 2.39. The summed E-state index contributed by atoms with van der Waals surface area (Å²) in [6, 6.07) is 7.05. The van der Waals surface area contributed by atoms with Crippen molar-refractivity contribution in [2.45, 2.75) is 32.2 Å². The molecule has 1 aromatic rings. The van der Waals surface area contributed by atoms with Crippen molar-refractivity contribution in [3.05, 3.63) is 29.8 Å². The van der Waals surface area contributed by atoms with E-state index in [0.29, 0.717) is 17.8 Å². The van der Waals surface area contributed by atoms with Gasteiger partial charge in [0.15, 0.2) is 0 Å². The molecule has 1 aliphatic heterocycles. The third-order valence-corrected chi connectivity index (χ3v) is 6.14. The zero-order chi connectivity index (χ0) is 15.6. The molecule has 1 heterocycles. The molecule has 21 heavy (non-hydrogen) atoms. The Kier molecular flexibility index (Phi) is 4.85. The highest BCUT2D eigenvalue weighted by Gasteiger charge is 2.33. The quantitative estimate of drug-likeness (QED) is 0.858. The number of hydrogen-bond donors (Lipinski definition) is 1. The summed E-state index contributed by atoms with van der Waals surface area (Å²) in [5.74, 6) is 0. The average Bonchev–Trinajstić information content (AvgIpc) is 2.46. The van der Waals surface area contributed by atoms with E-state index in [0.717, 1.165) is 19.3 Å². The molecule has 0 radical (unpaired) electrons. The number of benzene rings is 1. The maximum atomic E-state index is 12.8. The van der Waals surface area contributed by atoms with Gasteiger partial charge in [0.2, 0.25) is 0 Å². The fourth-order valence-corrected chi connectivity index (χ4v) is 4.47. The monoisotopic (exact) mass is 327 g/mol. The van der Waals surface area contributed by atoms with Crippen LogP contribution in [0, 0.1) is 0 Å². The summed E-state index contributed by atoms with van der Waals surface area (Å²) >= 11 is 5.01. The molecule has 1 aliphatic rings. The standard InChI is InChI=1S/C14H21N3O2S2/c1-11-7-5-6-10-17(11)21(18,19)16(2)13-9-4-3-8-12(13)14(15)20/h3-4,8-9,11H,5-7,10H2,1-2H3,(H2,15,20). The van der Waals surface area contributed by atoms with Crippen LogP contribution >= 0.6 is 12.2 Å². The van der Waals surface area contributed by atoms with Crippen LogP contribution in [0.1, 0.15) is 31.7 Å². The molecule has 116 valence electrons. The third-order valence-electron chi connectivity index (χ3n) is 3.89. The van der Waals surface area contributed by atoms with E-state index >= 15 is 0 Å². The van der Waals surface area contributed by atoms with Crippen LogP contribution in [0.4, 0.5) is 5.69 Å². The third kappa shape index (κ3) is 3.20. The summed E-state index contributed by atoms with van der Waals surface area (Å²) in [4.78, 5) is 0.194. The first-order chi connectivity index (χ1) is 9.85. The minimum absolute atomic E-state index is 0.0168. The summed E-state index contributed by atoms with van der Waals surface area (Å²) < 4.78 is 28.5. The summed E-state index contributed by atoms with van der Waals surface area (Å²) in [6.07, 6.45) is 2.86. The highest BCUT2D eigenvalue weighted by atomic mass is 32.2. The first kappa shape index (κ1) is 16.2. The summed E-state index contributed by atoms with van der Waals surface area (Å²) in [7, 11) is -2.02. The fraction of sp³-hybridized carbons (Fsp3) is 0.500. The highest BCUT2D eigenvalue weighted by Crippen LogP contribution is 2.27. The van der Waals surface area contributed by atoms with Crippen molar-refractivity contribution in [2.75, 3.05) is 17.9 Å². The molecule has 0 spiro atoms. The molecular formula is C14H21N3O2S2. The van der Waals surface area contributed by atoms with Crippen molar-refractivity contribution in [3.8, 4) is 0 Å². The maximum absolute atomic E-state index is 12.8. The van der Waals surface area contributed by atoms with Gasteiger partial charge in [-0.25, -0.2) is 0 Å². The lowest BCUT2D eigenvalue weighted by molar-refractivity contribution is 0.268. The van der Waals surface area contributed by atoms with E-state index in [9.17, 15) is 8.42 Å². The molecule has 1 aromatic carbocycles. The van der Waals surface area contributed by atoms with E-state index in [1.165, 1.54) is 4.31 Å². The van der Waals surface area contributed by atoms with E-state index < -0.39 is 10.2 Å². The van der Waals surface area contributed by atoms with Gasteiger partial charge in [0.05, 0.1) is 5.69 Å². The minimum Gasteiger partial charge on any atom is -0.389 e. The first-order valence-electron chi connectivity index (χ1n) is 7.00. The molecule has 0 aromatic heterocycles. The van der Waals surface area contributed by atoms with E-state index in [1.54, 1.807) is 35.6 Å². The summed E-state index contributed by atoms with van der Waals surface area (Å²) in [6.45, 7) is 2.51. The van der Waals surface area contributed by atoms with Crippen molar-refractivity contribution in [3.63, 3.8) is 0 Å². The number of rotatable bonds is 4. The number of nitrogens with two attached hydrogens (primary N) is 1. The van der Waals surface area contributed by atoms with Crippen molar-refractivity contribution in [2.24, 2.45) is 5.73 Å². The summed E-state index contributed by atoms with van der Waals surface area (Å²) in [5, 5.41) is 0. The van der Waals surface area contributed by atoms with E-state index in [-0.39, 0.29) is 11.0 Å². The molecule has 1 fully saturated rings. The van der Waals surface area contributed by atoms with Gasteiger partial charge >= 0.3 is 10.2 Å². The number of nitrogens with zero attached hydrogens (tertiary/aromatic N) is 2. The van der Waals surface area contributed by atoms with E-state index in [1.807, 2.05) is 6.92 Å². The van der Waals surface area contributed by atoms with Crippen LogP contribution in [0.15, 0.2) is 24.3 Å². The van der Waals surface area contributed by atoms with Gasteiger partial charge in [-0.2, -0.15) is 12.7 Å². The van der Waals surface area contributed by atoms with Crippen LogP contribution in [-0.2, 0) is 10.2 Å². The lowest BCUT2D eigenvalue weighted by Crippen LogP contribution is -2.49. The van der Waals surface area contributed by atoms with Crippen LogP contribution in [-0.4, -0.2) is 37.3 Å². The molecular weight excluding hydrogens is 306 g/mol. The Bertz CT molecular complexity index is 631. The lowest BCUT2D eigenvalue weighted by Gasteiger charge is -2.36. The Morgan fingerprint density at radius 1 is 1.38 bits per heavy atom. The Labute approximate surface area is 131 Å². The van der Waals surface area contributed by atoms with Crippen molar-refractivity contribution < 1.29 is 8.42 Å². The molecule has 0 saturated carbocycles. The van der Waals surface area contributed by atoms with Gasteiger partial charge in [0.25, 0.3) is 0 Å². The lowest BCUT2D eigenvalue weighted by atomic mass is 10.1. The van der Waals surface area contributed by atoms with Gasteiger partial charge in [0.1, 0.15) is 4.99 Å². The maximum Gasteiger partial charge on any atom is 0.304 e.